The minimum Gasteiger partial charge on any atom is -0.357 e. The number of hydrogen-bond donors (Lipinski definition) is 2. The Morgan fingerprint density at radius 2 is 2.19 bits per heavy atom. The van der Waals surface area contributed by atoms with E-state index in [1.54, 1.807) is 0 Å². The number of nitrogens with one attached hydrogen (secondary N) is 2. The zero-order valence-electron chi connectivity index (χ0n) is 13.5. The molecule has 0 bridgehead atoms. The summed E-state index contributed by atoms with van der Waals surface area (Å²) >= 11 is 0. The molecule has 120 valence electrons. The van der Waals surface area contributed by atoms with E-state index in [1.807, 2.05) is 6.92 Å². The molecule has 21 heavy (non-hydrogen) atoms. The molecule has 0 aromatic carbocycles. The van der Waals surface area contributed by atoms with Crippen LogP contribution in [0, 0.1) is 19.8 Å². The van der Waals surface area contributed by atoms with Crippen molar-refractivity contribution >= 4 is 29.9 Å². The second kappa shape index (κ2) is 8.60. The van der Waals surface area contributed by atoms with E-state index in [-0.39, 0.29) is 24.0 Å². The number of hydrogen-bond acceptors (Lipinski definition) is 2. The molecule has 1 heterocycles. The summed E-state index contributed by atoms with van der Waals surface area (Å²) in [7, 11) is 0. The van der Waals surface area contributed by atoms with Gasteiger partial charge in [-0.2, -0.15) is 5.10 Å². The van der Waals surface area contributed by atoms with Crippen molar-refractivity contribution in [1.29, 1.82) is 0 Å². The molecular formula is C15H28IN5. The lowest BCUT2D eigenvalue weighted by molar-refractivity contribution is 0.567. The molecule has 1 fully saturated rings. The van der Waals surface area contributed by atoms with Gasteiger partial charge in [0.15, 0.2) is 5.96 Å². The molecule has 0 amide bonds. The number of aliphatic imine (C=N–C) groups is 1. The number of aromatic nitrogens is 2. The van der Waals surface area contributed by atoms with Gasteiger partial charge in [-0.3, -0.25) is 9.67 Å². The summed E-state index contributed by atoms with van der Waals surface area (Å²) in [6.07, 6.45) is 2.27. The van der Waals surface area contributed by atoms with Crippen LogP contribution >= 0.6 is 24.0 Å². The lowest BCUT2D eigenvalue weighted by Crippen LogP contribution is -2.39. The van der Waals surface area contributed by atoms with Crippen LogP contribution in [-0.2, 0) is 6.54 Å². The van der Waals surface area contributed by atoms with E-state index in [4.69, 9.17) is 0 Å². The van der Waals surface area contributed by atoms with E-state index in [9.17, 15) is 0 Å². The molecular weight excluding hydrogens is 377 g/mol. The number of rotatable bonds is 6. The Morgan fingerprint density at radius 3 is 2.71 bits per heavy atom. The van der Waals surface area contributed by atoms with Crippen LogP contribution in [-0.4, -0.2) is 34.9 Å². The smallest absolute Gasteiger partial charge is 0.191 e. The second-order valence-electron chi connectivity index (χ2n) is 5.73. The summed E-state index contributed by atoms with van der Waals surface area (Å²) in [5, 5.41) is 11.2. The van der Waals surface area contributed by atoms with Crippen LogP contribution in [0.5, 0.6) is 0 Å². The molecule has 2 N–H and O–H groups in total. The first-order valence-corrected chi connectivity index (χ1v) is 7.66. The van der Waals surface area contributed by atoms with Gasteiger partial charge in [0, 0.05) is 31.4 Å². The van der Waals surface area contributed by atoms with Crippen molar-refractivity contribution in [3.8, 4) is 0 Å². The minimum atomic E-state index is 0. The van der Waals surface area contributed by atoms with Gasteiger partial charge in [0.1, 0.15) is 0 Å². The van der Waals surface area contributed by atoms with Crippen LogP contribution in [0.4, 0.5) is 0 Å². The summed E-state index contributed by atoms with van der Waals surface area (Å²) in [6, 6.07) is 2.73. The zero-order valence-corrected chi connectivity index (χ0v) is 15.8. The Bertz CT molecular complexity index is 469. The van der Waals surface area contributed by atoms with Gasteiger partial charge in [0.25, 0.3) is 0 Å². The van der Waals surface area contributed by atoms with Crippen LogP contribution in [0.15, 0.2) is 11.1 Å². The monoisotopic (exact) mass is 405 g/mol. The van der Waals surface area contributed by atoms with Gasteiger partial charge in [0.05, 0.1) is 5.69 Å². The van der Waals surface area contributed by atoms with Crippen molar-refractivity contribution in [2.75, 3.05) is 13.1 Å². The van der Waals surface area contributed by atoms with E-state index >= 15 is 0 Å². The topological polar surface area (TPSA) is 54.2 Å². The van der Waals surface area contributed by atoms with Crippen molar-refractivity contribution < 1.29 is 0 Å². The quantitative estimate of drug-likeness (QED) is 0.331. The Morgan fingerprint density at radius 1 is 1.48 bits per heavy atom. The highest BCUT2D eigenvalue weighted by Gasteiger charge is 2.33. The number of halogens is 1. The van der Waals surface area contributed by atoms with E-state index in [0.29, 0.717) is 6.04 Å². The predicted molar refractivity (Wildman–Crippen MR) is 98.4 cm³/mol. The molecule has 0 spiro atoms. The Hall–Kier alpha value is -0.790. The summed E-state index contributed by atoms with van der Waals surface area (Å²) in [5.41, 5.74) is 2.31. The van der Waals surface area contributed by atoms with Gasteiger partial charge < -0.3 is 10.6 Å². The SMILES string of the molecule is CCNC(=NCCCn1nc(C)cc1C)NC1CC1C.I. The summed E-state index contributed by atoms with van der Waals surface area (Å²) in [4.78, 5) is 4.63. The van der Waals surface area contributed by atoms with Crippen molar-refractivity contribution in [3.63, 3.8) is 0 Å². The lowest BCUT2D eigenvalue weighted by Gasteiger charge is -2.10. The minimum absolute atomic E-state index is 0. The fourth-order valence-electron chi connectivity index (χ4n) is 2.33. The summed E-state index contributed by atoms with van der Waals surface area (Å²) < 4.78 is 2.06. The molecule has 1 aliphatic rings. The number of aryl methyl sites for hydroxylation is 3. The molecule has 5 nitrogen and oxygen atoms in total. The van der Waals surface area contributed by atoms with Gasteiger partial charge in [0.2, 0.25) is 0 Å². The first-order valence-electron chi connectivity index (χ1n) is 7.66. The molecule has 1 saturated carbocycles. The fraction of sp³-hybridized carbons (Fsp3) is 0.733. The largest absolute Gasteiger partial charge is 0.357 e. The molecule has 2 unspecified atom stereocenters. The number of nitrogens with zero attached hydrogens (tertiary/aromatic N) is 3. The molecule has 1 aromatic rings. The Labute approximate surface area is 145 Å². The maximum absolute atomic E-state index is 4.63. The van der Waals surface area contributed by atoms with Crippen LogP contribution in [0.1, 0.15) is 38.1 Å². The first kappa shape index (κ1) is 18.3. The van der Waals surface area contributed by atoms with E-state index in [1.165, 1.54) is 12.1 Å². The predicted octanol–water partition coefficient (Wildman–Crippen LogP) is 2.47. The maximum atomic E-state index is 4.63. The van der Waals surface area contributed by atoms with Crippen molar-refractivity contribution in [2.24, 2.45) is 10.9 Å². The van der Waals surface area contributed by atoms with Gasteiger partial charge in [-0.25, -0.2) is 0 Å². The summed E-state index contributed by atoms with van der Waals surface area (Å²) in [5.74, 6) is 1.74. The lowest BCUT2D eigenvalue weighted by atomic mass is 10.4. The molecule has 0 radical (unpaired) electrons. The van der Waals surface area contributed by atoms with Crippen LogP contribution in [0.2, 0.25) is 0 Å². The highest BCUT2D eigenvalue weighted by molar-refractivity contribution is 14.0. The molecule has 1 aliphatic carbocycles. The normalized spacial score (nSPS) is 20.9. The summed E-state index contributed by atoms with van der Waals surface area (Å²) in [6.45, 7) is 11.2. The van der Waals surface area contributed by atoms with Crippen molar-refractivity contribution in [3.05, 3.63) is 17.5 Å². The molecule has 2 atom stereocenters. The van der Waals surface area contributed by atoms with Gasteiger partial charge >= 0.3 is 0 Å². The van der Waals surface area contributed by atoms with Crippen LogP contribution in [0.25, 0.3) is 0 Å². The van der Waals surface area contributed by atoms with Crippen molar-refractivity contribution in [2.45, 2.75) is 53.1 Å². The van der Waals surface area contributed by atoms with E-state index in [2.05, 4.69) is 52.2 Å². The van der Waals surface area contributed by atoms with Gasteiger partial charge in [-0.05, 0) is 45.6 Å². The second-order valence-corrected chi connectivity index (χ2v) is 5.73. The standard InChI is InChI=1S/C15H27N5.HI/c1-5-16-15(18-14-9-11(14)2)17-7-6-8-20-13(4)10-12(3)19-20;/h10-11,14H,5-9H2,1-4H3,(H2,16,17,18);1H. The highest BCUT2D eigenvalue weighted by Crippen LogP contribution is 2.28. The third kappa shape index (κ3) is 5.84. The third-order valence-electron chi connectivity index (χ3n) is 3.68. The Balaban J connectivity index is 0.00000220. The average Bonchev–Trinajstić information content (AvgIpc) is 2.97. The van der Waals surface area contributed by atoms with E-state index in [0.717, 1.165) is 43.6 Å². The van der Waals surface area contributed by atoms with Crippen molar-refractivity contribution in [1.82, 2.24) is 20.4 Å². The zero-order chi connectivity index (χ0) is 14.5. The van der Waals surface area contributed by atoms with Gasteiger partial charge in [-0.15, -0.1) is 24.0 Å². The third-order valence-corrected chi connectivity index (χ3v) is 3.68. The van der Waals surface area contributed by atoms with Crippen LogP contribution in [0.3, 0.4) is 0 Å². The highest BCUT2D eigenvalue weighted by atomic mass is 127. The number of guanidine groups is 1. The molecule has 0 saturated heterocycles. The fourth-order valence-corrected chi connectivity index (χ4v) is 2.33. The first-order chi connectivity index (χ1) is 9.60. The molecule has 0 aliphatic heterocycles. The van der Waals surface area contributed by atoms with Crippen LogP contribution < -0.4 is 10.6 Å². The molecule has 6 heteroatoms. The van der Waals surface area contributed by atoms with Gasteiger partial charge in [-0.1, -0.05) is 6.92 Å². The molecule has 1 aromatic heterocycles. The van der Waals surface area contributed by atoms with E-state index < -0.39 is 0 Å². The Kier molecular flexibility index (Phi) is 7.48. The maximum Gasteiger partial charge on any atom is 0.191 e. The molecule has 2 rings (SSSR count). The average molecular weight is 405 g/mol.